The van der Waals surface area contributed by atoms with E-state index in [1.807, 2.05) is 59.2 Å². The first-order chi connectivity index (χ1) is 16.6. The van der Waals surface area contributed by atoms with Crippen molar-refractivity contribution >= 4 is 23.4 Å². The number of para-hydroxylation sites is 1. The third-order valence-electron chi connectivity index (χ3n) is 5.51. The third-order valence-corrected chi connectivity index (χ3v) is 6.47. The minimum Gasteiger partial charge on any atom is -0.486 e. The zero-order chi connectivity index (χ0) is 23.8. The fourth-order valence-electron chi connectivity index (χ4n) is 3.37. The monoisotopic (exact) mass is 476 g/mol. The summed E-state index contributed by atoms with van der Waals surface area (Å²) in [6, 6.07) is 21.3. The van der Waals surface area contributed by atoms with Gasteiger partial charge in [0.25, 0.3) is 0 Å². The SMILES string of the molecule is CCC(C)c1ccc(NC(=O)CSc2nnc(COc3ccccc3)n2Cc2ccco2)cc1. The van der Waals surface area contributed by atoms with Crippen LogP contribution >= 0.6 is 11.8 Å². The van der Waals surface area contributed by atoms with E-state index >= 15 is 0 Å². The number of ether oxygens (including phenoxy) is 1. The van der Waals surface area contributed by atoms with Crippen molar-refractivity contribution in [3.63, 3.8) is 0 Å². The Morgan fingerprint density at radius 3 is 2.59 bits per heavy atom. The van der Waals surface area contributed by atoms with Crippen LogP contribution in [0.5, 0.6) is 5.75 Å². The van der Waals surface area contributed by atoms with E-state index in [1.54, 1.807) is 6.26 Å². The number of thioether (sulfide) groups is 1. The molecule has 0 radical (unpaired) electrons. The molecule has 34 heavy (non-hydrogen) atoms. The van der Waals surface area contributed by atoms with Crippen molar-refractivity contribution in [2.75, 3.05) is 11.1 Å². The Balaban J connectivity index is 1.40. The second-order valence-corrected chi connectivity index (χ2v) is 8.88. The number of anilines is 1. The number of nitrogens with one attached hydrogen (secondary N) is 1. The second-order valence-electron chi connectivity index (χ2n) is 7.93. The largest absolute Gasteiger partial charge is 0.486 e. The standard InChI is InChI=1S/C26H28N4O3S/c1-3-19(2)20-11-13-21(14-12-20)27-25(31)18-34-26-29-28-24(17-33-22-8-5-4-6-9-22)30(26)16-23-10-7-15-32-23/h4-15,19H,3,16-18H2,1-2H3,(H,27,31). The molecule has 4 aromatic rings. The maximum atomic E-state index is 12.6. The Bertz CT molecular complexity index is 1170. The fourth-order valence-corrected chi connectivity index (χ4v) is 4.13. The molecule has 0 aliphatic rings. The summed E-state index contributed by atoms with van der Waals surface area (Å²) in [6.45, 7) is 5.07. The number of furan rings is 1. The highest BCUT2D eigenvalue weighted by Crippen LogP contribution is 2.23. The molecule has 0 aliphatic heterocycles. The first-order valence-electron chi connectivity index (χ1n) is 11.3. The van der Waals surface area contributed by atoms with Crippen LogP contribution < -0.4 is 10.1 Å². The van der Waals surface area contributed by atoms with Crippen LogP contribution in [0.3, 0.4) is 0 Å². The highest BCUT2D eigenvalue weighted by molar-refractivity contribution is 7.99. The van der Waals surface area contributed by atoms with E-state index in [1.165, 1.54) is 17.3 Å². The van der Waals surface area contributed by atoms with Crippen LogP contribution in [0.1, 0.15) is 43.3 Å². The summed E-state index contributed by atoms with van der Waals surface area (Å²) in [5, 5.41) is 12.2. The lowest BCUT2D eigenvalue weighted by molar-refractivity contribution is -0.113. The third kappa shape index (κ3) is 6.29. The molecule has 1 N–H and O–H groups in total. The molecule has 0 saturated heterocycles. The summed E-state index contributed by atoms with van der Waals surface area (Å²) in [5.41, 5.74) is 2.05. The number of carbonyl (C=O) groups is 1. The summed E-state index contributed by atoms with van der Waals surface area (Å²) in [6.07, 6.45) is 2.71. The van der Waals surface area contributed by atoms with E-state index in [0.29, 0.717) is 23.4 Å². The average molecular weight is 477 g/mol. The minimum absolute atomic E-state index is 0.101. The number of rotatable bonds is 11. The molecule has 1 amide bonds. The summed E-state index contributed by atoms with van der Waals surface area (Å²) in [4.78, 5) is 12.6. The molecule has 176 valence electrons. The van der Waals surface area contributed by atoms with E-state index in [9.17, 15) is 4.79 Å². The van der Waals surface area contributed by atoms with E-state index in [-0.39, 0.29) is 18.3 Å². The smallest absolute Gasteiger partial charge is 0.234 e. The number of aromatic nitrogens is 3. The van der Waals surface area contributed by atoms with Crippen LogP contribution in [0.4, 0.5) is 5.69 Å². The number of nitrogens with zero attached hydrogens (tertiary/aromatic N) is 3. The molecule has 4 rings (SSSR count). The van der Waals surface area contributed by atoms with Crippen molar-refractivity contribution < 1.29 is 13.9 Å². The van der Waals surface area contributed by atoms with Crippen LogP contribution in [0.2, 0.25) is 0 Å². The van der Waals surface area contributed by atoms with Gasteiger partial charge in [-0.15, -0.1) is 10.2 Å². The topological polar surface area (TPSA) is 82.2 Å². The molecule has 0 fully saturated rings. The Hall–Kier alpha value is -3.52. The van der Waals surface area contributed by atoms with Gasteiger partial charge < -0.3 is 14.5 Å². The number of amides is 1. The quantitative estimate of drug-likeness (QED) is 0.278. The molecule has 2 aromatic carbocycles. The van der Waals surface area contributed by atoms with E-state index in [2.05, 4.69) is 41.5 Å². The van der Waals surface area contributed by atoms with Gasteiger partial charge in [0.05, 0.1) is 18.6 Å². The normalized spacial score (nSPS) is 11.8. The first-order valence-corrected chi connectivity index (χ1v) is 12.3. The van der Waals surface area contributed by atoms with Gasteiger partial charge in [-0.1, -0.05) is 55.9 Å². The van der Waals surface area contributed by atoms with Crippen LogP contribution in [-0.4, -0.2) is 26.4 Å². The second kappa shape index (κ2) is 11.6. The lowest BCUT2D eigenvalue weighted by Gasteiger charge is -2.11. The molecule has 0 spiro atoms. The predicted octanol–water partition coefficient (Wildman–Crippen LogP) is 5.74. The highest BCUT2D eigenvalue weighted by Gasteiger charge is 2.16. The van der Waals surface area contributed by atoms with Gasteiger partial charge in [-0.3, -0.25) is 9.36 Å². The zero-order valence-corrected chi connectivity index (χ0v) is 20.1. The molecule has 0 bridgehead atoms. The van der Waals surface area contributed by atoms with Gasteiger partial charge in [0, 0.05) is 5.69 Å². The van der Waals surface area contributed by atoms with Gasteiger partial charge in [-0.2, -0.15) is 0 Å². The molecule has 0 aliphatic carbocycles. The van der Waals surface area contributed by atoms with E-state index < -0.39 is 0 Å². The van der Waals surface area contributed by atoms with Crippen molar-refractivity contribution in [1.82, 2.24) is 14.8 Å². The number of benzene rings is 2. The van der Waals surface area contributed by atoms with E-state index in [0.717, 1.165) is 23.6 Å². The molecule has 0 saturated carbocycles. The van der Waals surface area contributed by atoms with Crippen molar-refractivity contribution in [3.05, 3.63) is 90.1 Å². The van der Waals surface area contributed by atoms with Gasteiger partial charge in [0.15, 0.2) is 11.0 Å². The molecule has 1 unspecified atom stereocenters. The first kappa shape index (κ1) is 23.6. The summed E-state index contributed by atoms with van der Waals surface area (Å²) >= 11 is 1.33. The van der Waals surface area contributed by atoms with E-state index in [4.69, 9.17) is 9.15 Å². The average Bonchev–Trinajstić information content (AvgIpc) is 3.52. The minimum atomic E-state index is -0.101. The summed E-state index contributed by atoms with van der Waals surface area (Å²) in [5.74, 6) is 2.79. The fraction of sp³-hybridized carbons (Fsp3) is 0.269. The van der Waals surface area contributed by atoms with Gasteiger partial charge in [0.2, 0.25) is 5.91 Å². The Morgan fingerprint density at radius 1 is 1.09 bits per heavy atom. The van der Waals surface area contributed by atoms with Crippen molar-refractivity contribution in [2.45, 2.75) is 44.5 Å². The van der Waals surface area contributed by atoms with Crippen molar-refractivity contribution in [3.8, 4) is 5.75 Å². The molecular weight excluding hydrogens is 448 g/mol. The maximum absolute atomic E-state index is 12.6. The zero-order valence-electron chi connectivity index (χ0n) is 19.3. The van der Waals surface area contributed by atoms with Crippen molar-refractivity contribution in [1.29, 1.82) is 0 Å². The molecule has 1 atom stereocenters. The molecule has 8 heteroatoms. The van der Waals surface area contributed by atoms with Crippen LogP contribution in [-0.2, 0) is 17.9 Å². The molecule has 2 heterocycles. The van der Waals surface area contributed by atoms with Gasteiger partial charge in [0.1, 0.15) is 18.1 Å². The lowest BCUT2D eigenvalue weighted by Crippen LogP contribution is -2.15. The number of carbonyl (C=O) groups excluding carboxylic acids is 1. The number of hydrogen-bond donors (Lipinski definition) is 1. The van der Waals surface area contributed by atoms with Crippen molar-refractivity contribution in [2.24, 2.45) is 0 Å². The lowest BCUT2D eigenvalue weighted by atomic mass is 9.99. The molecular formula is C26H28N4O3S. The molecule has 2 aromatic heterocycles. The Kier molecular flexibility index (Phi) is 8.04. The maximum Gasteiger partial charge on any atom is 0.234 e. The van der Waals surface area contributed by atoms with Gasteiger partial charge in [-0.25, -0.2) is 0 Å². The Labute approximate surface area is 203 Å². The summed E-state index contributed by atoms with van der Waals surface area (Å²) < 4.78 is 13.3. The summed E-state index contributed by atoms with van der Waals surface area (Å²) in [7, 11) is 0. The van der Waals surface area contributed by atoms with Gasteiger partial charge in [-0.05, 0) is 54.3 Å². The van der Waals surface area contributed by atoms with Crippen LogP contribution in [0.15, 0.2) is 82.6 Å². The predicted molar refractivity (Wildman–Crippen MR) is 133 cm³/mol. The van der Waals surface area contributed by atoms with Crippen LogP contribution in [0.25, 0.3) is 0 Å². The molecule has 7 nitrogen and oxygen atoms in total. The Morgan fingerprint density at radius 2 is 1.88 bits per heavy atom. The van der Waals surface area contributed by atoms with Gasteiger partial charge >= 0.3 is 0 Å². The highest BCUT2D eigenvalue weighted by atomic mass is 32.2. The van der Waals surface area contributed by atoms with Crippen LogP contribution in [0, 0.1) is 0 Å². The number of hydrogen-bond acceptors (Lipinski definition) is 6.